The van der Waals surface area contributed by atoms with Gasteiger partial charge in [-0.2, -0.15) is 0 Å². The van der Waals surface area contributed by atoms with Gasteiger partial charge in [0.1, 0.15) is 5.69 Å². The smallest absolute Gasteiger partial charge is 0.292 e. The first kappa shape index (κ1) is 14.4. The van der Waals surface area contributed by atoms with Crippen LogP contribution in [0.25, 0.3) is 0 Å². The van der Waals surface area contributed by atoms with Crippen LogP contribution < -0.4 is 5.32 Å². The molecule has 5 heteroatoms. The normalized spacial score (nSPS) is 12.5. The maximum atomic E-state index is 11.0. The van der Waals surface area contributed by atoms with Gasteiger partial charge in [0, 0.05) is 18.7 Å². The van der Waals surface area contributed by atoms with E-state index in [0.29, 0.717) is 12.1 Å². The van der Waals surface area contributed by atoms with Gasteiger partial charge in [0.05, 0.1) is 4.92 Å². The van der Waals surface area contributed by atoms with Crippen molar-refractivity contribution in [3.05, 3.63) is 33.9 Å². The molecule has 0 amide bonds. The number of benzene rings is 1. The summed E-state index contributed by atoms with van der Waals surface area (Å²) < 4.78 is 0. The third kappa shape index (κ3) is 3.70. The van der Waals surface area contributed by atoms with Crippen LogP contribution in [0.2, 0.25) is 0 Å². The molecule has 0 aliphatic carbocycles. The summed E-state index contributed by atoms with van der Waals surface area (Å²) >= 11 is 0. The Labute approximate surface area is 107 Å². The Morgan fingerprint density at radius 3 is 2.61 bits per heavy atom. The molecule has 0 saturated carbocycles. The quantitative estimate of drug-likeness (QED) is 0.603. The summed E-state index contributed by atoms with van der Waals surface area (Å²) in [4.78, 5) is 10.6. The lowest BCUT2D eigenvalue weighted by Crippen LogP contribution is -2.27. The number of anilines is 1. The van der Waals surface area contributed by atoms with Gasteiger partial charge < -0.3 is 10.4 Å². The number of nitro groups is 1. The zero-order valence-electron chi connectivity index (χ0n) is 11.0. The first-order chi connectivity index (χ1) is 8.45. The predicted octanol–water partition coefficient (Wildman–Crippen LogP) is 2.72. The first-order valence-electron chi connectivity index (χ1n) is 6.08. The topological polar surface area (TPSA) is 75.4 Å². The summed E-state index contributed by atoms with van der Waals surface area (Å²) in [5.41, 5.74) is 1.45. The molecule has 0 aromatic heterocycles. The Morgan fingerprint density at radius 2 is 2.11 bits per heavy atom. The number of nitrogens with zero attached hydrogens (tertiary/aromatic N) is 1. The largest absolute Gasteiger partial charge is 0.396 e. The highest BCUT2D eigenvalue weighted by Gasteiger charge is 2.19. The molecular weight excluding hydrogens is 232 g/mol. The van der Waals surface area contributed by atoms with Gasteiger partial charge in [-0.05, 0) is 30.9 Å². The van der Waals surface area contributed by atoms with Crippen LogP contribution in [-0.2, 0) is 0 Å². The minimum Gasteiger partial charge on any atom is -0.396 e. The Morgan fingerprint density at radius 1 is 1.44 bits per heavy atom. The number of nitro benzene ring substituents is 1. The van der Waals surface area contributed by atoms with Crippen LogP contribution in [0.4, 0.5) is 11.4 Å². The molecule has 0 aliphatic heterocycles. The van der Waals surface area contributed by atoms with Gasteiger partial charge in [-0.3, -0.25) is 10.1 Å². The zero-order valence-corrected chi connectivity index (χ0v) is 11.0. The van der Waals surface area contributed by atoms with Gasteiger partial charge in [-0.1, -0.05) is 19.9 Å². The van der Waals surface area contributed by atoms with E-state index in [-0.39, 0.29) is 29.2 Å². The SMILES string of the molecule is Cc1ccc(NC(CCO)C(C)C)c([N+](=O)[O-])c1. The van der Waals surface area contributed by atoms with E-state index in [1.165, 1.54) is 0 Å². The summed E-state index contributed by atoms with van der Waals surface area (Å²) in [6.45, 7) is 5.93. The van der Waals surface area contributed by atoms with Crippen molar-refractivity contribution in [2.75, 3.05) is 11.9 Å². The van der Waals surface area contributed by atoms with Gasteiger partial charge in [0.15, 0.2) is 0 Å². The molecule has 0 spiro atoms. The van der Waals surface area contributed by atoms with Crippen LogP contribution in [0, 0.1) is 23.0 Å². The number of aliphatic hydroxyl groups is 1. The zero-order chi connectivity index (χ0) is 13.7. The van der Waals surface area contributed by atoms with Gasteiger partial charge in [-0.15, -0.1) is 0 Å². The number of nitrogens with one attached hydrogen (secondary N) is 1. The van der Waals surface area contributed by atoms with E-state index in [1.807, 2.05) is 26.8 Å². The van der Waals surface area contributed by atoms with Gasteiger partial charge in [0.2, 0.25) is 0 Å². The molecule has 18 heavy (non-hydrogen) atoms. The molecule has 5 nitrogen and oxygen atoms in total. The molecule has 1 atom stereocenters. The number of aryl methyl sites for hydroxylation is 1. The fraction of sp³-hybridized carbons (Fsp3) is 0.538. The van der Waals surface area contributed by atoms with Crippen molar-refractivity contribution in [3.63, 3.8) is 0 Å². The fourth-order valence-electron chi connectivity index (χ4n) is 1.83. The predicted molar refractivity (Wildman–Crippen MR) is 71.8 cm³/mol. The van der Waals surface area contributed by atoms with E-state index in [4.69, 9.17) is 5.11 Å². The highest BCUT2D eigenvalue weighted by atomic mass is 16.6. The van der Waals surface area contributed by atoms with Crippen LogP contribution in [0.5, 0.6) is 0 Å². The molecule has 1 aromatic rings. The van der Waals surface area contributed by atoms with Crippen LogP contribution >= 0.6 is 0 Å². The van der Waals surface area contributed by atoms with Crippen molar-refractivity contribution < 1.29 is 10.0 Å². The van der Waals surface area contributed by atoms with E-state index in [9.17, 15) is 10.1 Å². The number of aliphatic hydroxyl groups excluding tert-OH is 1. The van der Waals surface area contributed by atoms with Crippen molar-refractivity contribution in [2.24, 2.45) is 5.92 Å². The van der Waals surface area contributed by atoms with E-state index >= 15 is 0 Å². The van der Waals surface area contributed by atoms with Crippen molar-refractivity contribution >= 4 is 11.4 Å². The van der Waals surface area contributed by atoms with Crippen molar-refractivity contribution in [3.8, 4) is 0 Å². The summed E-state index contributed by atoms with van der Waals surface area (Å²) in [6.07, 6.45) is 0.572. The first-order valence-corrected chi connectivity index (χ1v) is 6.08. The second-order valence-corrected chi connectivity index (χ2v) is 4.78. The minimum absolute atomic E-state index is 0.0245. The van der Waals surface area contributed by atoms with Gasteiger partial charge in [0.25, 0.3) is 5.69 Å². The lowest BCUT2D eigenvalue weighted by Gasteiger charge is -2.22. The summed E-state index contributed by atoms with van der Waals surface area (Å²) in [5.74, 6) is 0.290. The standard InChI is InChI=1S/C13H20N2O3/c1-9(2)11(6-7-16)14-12-5-4-10(3)8-13(12)15(17)18/h4-5,8-9,11,14,16H,6-7H2,1-3H3. The molecule has 0 heterocycles. The molecule has 1 aromatic carbocycles. The second kappa shape index (κ2) is 6.35. The Balaban J connectivity index is 2.98. The molecule has 0 aliphatic rings. The van der Waals surface area contributed by atoms with E-state index in [0.717, 1.165) is 5.56 Å². The Kier molecular flexibility index (Phi) is 5.09. The van der Waals surface area contributed by atoms with Crippen molar-refractivity contribution in [1.82, 2.24) is 0 Å². The third-order valence-electron chi connectivity index (χ3n) is 2.94. The van der Waals surface area contributed by atoms with Crippen LogP contribution in [-0.4, -0.2) is 22.7 Å². The highest BCUT2D eigenvalue weighted by Crippen LogP contribution is 2.27. The number of hydrogen-bond acceptors (Lipinski definition) is 4. The Hall–Kier alpha value is -1.62. The lowest BCUT2D eigenvalue weighted by molar-refractivity contribution is -0.384. The van der Waals surface area contributed by atoms with Gasteiger partial charge in [-0.25, -0.2) is 0 Å². The average Bonchev–Trinajstić information content (AvgIpc) is 2.30. The second-order valence-electron chi connectivity index (χ2n) is 4.78. The molecule has 0 radical (unpaired) electrons. The fourth-order valence-corrected chi connectivity index (χ4v) is 1.83. The molecular formula is C13H20N2O3. The molecule has 100 valence electrons. The van der Waals surface area contributed by atoms with E-state index in [1.54, 1.807) is 12.1 Å². The molecule has 0 saturated heterocycles. The van der Waals surface area contributed by atoms with Crippen LogP contribution in [0.15, 0.2) is 18.2 Å². The monoisotopic (exact) mass is 252 g/mol. The number of hydrogen-bond donors (Lipinski definition) is 2. The maximum absolute atomic E-state index is 11.0. The molecule has 1 rings (SSSR count). The lowest BCUT2D eigenvalue weighted by atomic mass is 10.0. The Bertz CT molecular complexity index is 419. The molecule has 0 fully saturated rings. The highest BCUT2D eigenvalue weighted by molar-refractivity contribution is 5.63. The van der Waals surface area contributed by atoms with E-state index in [2.05, 4.69) is 5.32 Å². The molecule has 1 unspecified atom stereocenters. The maximum Gasteiger partial charge on any atom is 0.292 e. The van der Waals surface area contributed by atoms with E-state index < -0.39 is 0 Å². The van der Waals surface area contributed by atoms with Crippen LogP contribution in [0.1, 0.15) is 25.8 Å². The average molecular weight is 252 g/mol. The molecule has 0 bridgehead atoms. The summed E-state index contributed by atoms with van der Waals surface area (Å²) in [5, 5.41) is 23.2. The van der Waals surface area contributed by atoms with Gasteiger partial charge >= 0.3 is 0 Å². The van der Waals surface area contributed by atoms with Crippen LogP contribution in [0.3, 0.4) is 0 Å². The summed E-state index contributed by atoms with van der Waals surface area (Å²) in [7, 11) is 0. The summed E-state index contributed by atoms with van der Waals surface area (Å²) in [6, 6.07) is 5.14. The van der Waals surface area contributed by atoms with Crippen molar-refractivity contribution in [1.29, 1.82) is 0 Å². The third-order valence-corrected chi connectivity index (χ3v) is 2.94. The number of rotatable bonds is 6. The van der Waals surface area contributed by atoms with Crippen molar-refractivity contribution in [2.45, 2.75) is 33.2 Å². The minimum atomic E-state index is -0.383. The molecule has 2 N–H and O–H groups in total.